The highest BCUT2D eigenvalue weighted by atomic mass is 35.5. The SMILES string of the molecule is CCCCCCSNC1=NC(Cl)(SCCCCCC)N=C(N)N1. The van der Waals surface area contributed by atoms with E-state index in [1.807, 2.05) is 0 Å². The summed E-state index contributed by atoms with van der Waals surface area (Å²) in [5.74, 6) is 2.87. The molecule has 0 aromatic carbocycles. The molecule has 8 heteroatoms. The van der Waals surface area contributed by atoms with Crippen LogP contribution in [0.1, 0.15) is 65.2 Å². The molecular weight excluding hydrogens is 350 g/mol. The largest absolute Gasteiger partial charge is 0.369 e. The van der Waals surface area contributed by atoms with Crippen LogP contribution < -0.4 is 15.8 Å². The van der Waals surface area contributed by atoms with Crippen LogP contribution in [-0.2, 0) is 0 Å². The number of guanidine groups is 2. The van der Waals surface area contributed by atoms with Gasteiger partial charge in [-0.2, -0.15) is 9.98 Å². The number of rotatable bonds is 12. The predicted molar refractivity (Wildman–Crippen MR) is 107 cm³/mol. The van der Waals surface area contributed by atoms with Crippen molar-refractivity contribution >= 4 is 47.2 Å². The zero-order valence-corrected chi connectivity index (χ0v) is 16.6. The lowest BCUT2D eigenvalue weighted by molar-refractivity contribution is 0.704. The normalized spacial score (nSPS) is 20.7. The van der Waals surface area contributed by atoms with E-state index in [1.54, 1.807) is 11.9 Å². The molecule has 0 fully saturated rings. The lowest BCUT2D eigenvalue weighted by atomic mass is 10.2. The van der Waals surface area contributed by atoms with E-state index in [9.17, 15) is 0 Å². The molecule has 1 heterocycles. The number of halogens is 1. The second kappa shape index (κ2) is 12.1. The maximum atomic E-state index is 6.48. The topological polar surface area (TPSA) is 74.8 Å². The summed E-state index contributed by atoms with van der Waals surface area (Å²) in [5.41, 5.74) is 5.83. The van der Waals surface area contributed by atoms with E-state index in [0.29, 0.717) is 11.9 Å². The van der Waals surface area contributed by atoms with Crippen molar-refractivity contribution < 1.29 is 0 Å². The first kappa shape index (κ1) is 20.8. The molecule has 1 unspecified atom stereocenters. The summed E-state index contributed by atoms with van der Waals surface area (Å²) < 4.78 is 2.16. The maximum Gasteiger partial charge on any atom is 0.281 e. The molecule has 0 aromatic heterocycles. The molecule has 0 amide bonds. The lowest BCUT2D eigenvalue weighted by Crippen LogP contribution is -2.48. The van der Waals surface area contributed by atoms with Gasteiger partial charge in [-0.05, 0) is 18.6 Å². The Labute approximate surface area is 154 Å². The van der Waals surface area contributed by atoms with E-state index >= 15 is 0 Å². The van der Waals surface area contributed by atoms with Gasteiger partial charge in [0.15, 0.2) is 5.96 Å². The number of thioether (sulfide) groups is 1. The fourth-order valence-electron chi connectivity index (χ4n) is 2.05. The summed E-state index contributed by atoms with van der Waals surface area (Å²) in [6, 6.07) is 0. The Morgan fingerprint density at radius 1 is 1.04 bits per heavy atom. The third-order valence-corrected chi connectivity index (χ3v) is 5.68. The lowest BCUT2D eigenvalue weighted by Gasteiger charge is -2.25. The van der Waals surface area contributed by atoms with Crippen molar-refractivity contribution in [2.75, 3.05) is 11.5 Å². The highest BCUT2D eigenvalue weighted by Crippen LogP contribution is 2.35. The van der Waals surface area contributed by atoms with Gasteiger partial charge in [-0.25, -0.2) is 0 Å². The Morgan fingerprint density at radius 2 is 1.70 bits per heavy atom. The molecule has 4 N–H and O–H groups in total. The standard InChI is InChI=1S/C15H30ClN5S2/c1-3-5-7-9-11-22-15(16)19-13(17)18-14(20-15)21-23-12-10-8-6-4-2/h3-12H2,1-2H3,(H4,17,18,19,20,21). The molecule has 0 saturated heterocycles. The zero-order valence-electron chi connectivity index (χ0n) is 14.2. The van der Waals surface area contributed by atoms with Gasteiger partial charge in [-0.1, -0.05) is 87.7 Å². The van der Waals surface area contributed by atoms with Crippen molar-refractivity contribution in [1.82, 2.24) is 10.0 Å². The van der Waals surface area contributed by atoms with Crippen LogP contribution in [0, 0.1) is 0 Å². The maximum absolute atomic E-state index is 6.48. The van der Waals surface area contributed by atoms with E-state index < -0.39 is 4.45 Å². The molecule has 1 rings (SSSR count). The molecule has 0 aromatic rings. The molecule has 134 valence electrons. The molecule has 1 atom stereocenters. The van der Waals surface area contributed by atoms with E-state index in [4.69, 9.17) is 17.3 Å². The fourth-order valence-corrected chi connectivity index (χ4v) is 4.07. The Morgan fingerprint density at radius 3 is 2.35 bits per heavy atom. The first-order chi connectivity index (χ1) is 11.1. The van der Waals surface area contributed by atoms with Gasteiger partial charge in [0.25, 0.3) is 4.45 Å². The number of hydrogen-bond acceptors (Lipinski definition) is 7. The summed E-state index contributed by atoms with van der Waals surface area (Å²) >= 11 is 9.63. The van der Waals surface area contributed by atoms with Crippen molar-refractivity contribution in [3.05, 3.63) is 0 Å². The number of hydrogen-bond donors (Lipinski definition) is 3. The number of unbranched alkanes of at least 4 members (excludes halogenated alkanes) is 6. The van der Waals surface area contributed by atoms with Crippen molar-refractivity contribution in [3.63, 3.8) is 0 Å². The highest BCUT2D eigenvalue weighted by molar-refractivity contribution is 8.01. The summed E-state index contributed by atoms with van der Waals surface area (Å²) in [5, 5.41) is 2.93. The van der Waals surface area contributed by atoms with E-state index in [2.05, 4.69) is 33.9 Å². The minimum Gasteiger partial charge on any atom is -0.369 e. The van der Waals surface area contributed by atoms with E-state index in [0.717, 1.165) is 17.9 Å². The fraction of sp³-hybridized carbons (Fsp3) is 0.867. The Kier molecular flexibility index (Phi) is 11.0. The molecule has 1 aliphatic heterocycles. The smallest absolute Gasteiger partial charge is 0.281 e. The van der Waals surface area contributed by atoms with Gasteiger partial charge in [-0.15, -0.1) is 0 Å². The Bertz CT molecular complexity index is 392. The summed E-state index contributed by atoms with van der Waals surface area (Å²) in [6.45, 7) is 4.42. The Balaban J connectivity index is 2.33. The van der Waals surface area contributed by atoms with Crippen LogP contribution in [0.3, 0.4) is 0 Å². The molecular formula is C15H30ClN5S2. The van der Waals surface area contributed by atoms with Gasteiger partial charge >= 0.3 is 0 Å². The van der Waals surface area contributed by atoms with Crippen LogP contribution in [0.4, 0.5) is 0 Å². The molecule has 0 spiro atoms. The van der Waals surface area contributed by atoms with Gasteiger partial charge in [0.05, 0.1) is 0 Å². The molecule has 23 heavy (non-hydrogen) atoms. The van der Waals surface area contributed by atoms with Crippen LogP contribution in [0.15, 0.2) is 9.98 Å². The van der Waals surface area contributed by atoms with Crippen LogP contribution in [-0.4, -0.2) is 27.9 Å². The second-order valence-corrected chi connectivity index (χ2v) is 8.45. The van der Waals surface area contributed by atoms with Crippen molar-refractivity contribution in [1.29, 1.82) is 0 Å². The molecule has 5 nitrogen and oxygen atoms in total. The summed E-state index contributed by atoms with van der Waals surface area (Å²) in [6.07, 6.45) is 9.84. The first-order valence-electron chi connectivity index (χ1n) is 8.52. The third kappa shape index (κ3) is 9.57. The second-order valence-electron chi connectivity index (χ2n) is 5.53. The van der Waals surface area contributed by atoms with Gasteiger partial charge in [0.1, 0.15) is 0 Å². The quantitative estimate of drug-likeness (QED) is 0.204. The minimum absolute atomic E-state index is 0.310. The van der Waals surface area contributed by atoms with Crippen molar-refractivity contribution in [3.8, 4) is 0 Å². The van der Waals surface area contributed by atoms with Crippen LogP contribution in [0.5, 0.6) is 0 Å². The van der Waals surface area contributed by atoms with Gasteiger partial charge in [0, 0.05) is 5.75 Å². The van der Waals surface area contributed by atoms with Crippen molar-refractivity contribution in [2.24, 2.45) is 15.7 Å². The molecule has 1 aliphatic rings. The van der Waals surface area contributed by atoms with Crippen LogP contribution in [0.2, 0.25) is 0 Å². The van der Waals surface area contributed by atoms with Gasteiger partial charge in [0.2, 0.25) is 5.96 Å². The molecule has 0 radical (unpaired) electrons. The zero-order chi connectivity index (χ0) is 17.0. The molecule has 0 saturated carbocycles. The number of nitrogens with zero attached hydrogens (tertiary/aromatic N) is 2. The van der Waals surface area contributed by atoms with E-state index in [-0.39, 0.29) is 0 Å². The molecule has 0 bridgehead atoms. The van der Waals surface area contributed by atoms with Crippen LogP contribution in [0.25, 0.3) is 0 Å². The number of alkyl halides is 1. The number of nitrogens with one attached hydrogen (secondary N) is 2. The van der Waals surface area contributed by atoms with Gasteiger partial charge in [-0.3, -0.25) is 10.0 Å². The highest BCUT2D eigenvalue weighted by Gasteiger charge is 2.30. The third-order valence-electron chi connectivity index (χ3n) is 3.31. The average molecular weight is 380 g/mol. The number of nitrogens with two attached hydrogens (primary N) is 1. The predicted octanol–water partition coefficient (Wildman–Crippen LogP) is 4.24. The monoisotopic (exact) mass is 379 g/mol. The van der Waals surface area contributed by atoms with Crippen molar-refractivity contribution in [2.45, 2.75) is 69.7 Å². The number of aliphatic imine (C=N–C) groups is 2. The van der Waals surface area contributed by atoms with Gasteiger partial charge < -0.3 is 5.73 Å². The van der Waals surface area contributed by atoms with Crippen LogP contribution >= 0.6 is 35.3 Å². The average Bonchev–Trinajstić information content (AvgIpc) is 2.49. The summed E-state index contributed by atoms with van der Waals surface area (Å²) in [7, 11) is 0. The molecule has 0 aliphatic carbocycles. The summed E-state index contributed by atoms with van der Waals surface area (Å²) in [4.78, 5) is 8.68. The van der Waals surface area contributed by atoms with E-state index in [1.165, 1.54) is 56.7 Å². The Hall–Kier alpha value is -0.270. The first-order valence-corrected chi connectivity index (χ1v) is 10.9. The minimum atomic E-state index is -1.04.